The predicted octanol–water partition coefficient (Wildman–Crippen LogP) is 6.21. The maximum atomic E-state index is 2.71. The van der Waals surface area contributed by atoms with Crippen molar-refractivity contribution in [1.82, 2.24) is 4.90 Å². The molecule has 2 saturated carbocycles. The Balaban J connectivity index is 0.00000225. The fourth-order valence-electron chi connectivity index (χ4n) is 6.34. The first-order valence-corrected chi connectivity index (χ1v) is 11.3. The summed E-state index contributed by atoms with van der Waals surface area (Å²) in [7, 11) is 0. The lowest BCUT2D eigenvalue weighted by molar-refractivity contribution is 0.0970. The van der Waals surface area contributed by atoms with Gasteiger partial charge in [0, 0.05) is 38.4 Å². The van der Waals surface area contributed by atoms with Gasteiger partial charge in [-0.15, -0.1) is 12.4 Å². The summed E-state index contributed by atoms with van der Waals surface area (Å²) in [5, 5.41) is 0. The van der Waals surface area contributed by atoms with E-state index in [0.717, 1.165) is 11.8 Å². The molecule has 2 unspecified atom stereocenters. The van der Waals surface area contributed by atoms with Crippen molar-refractivity contribution in [1.29, 1.82) is 0 Å². The van der Waals surface area contributed by atoms with Crippen LogP contribution < -0.4 is 4.90 Å². The second-order valence-electron chi connectivity index (χ2n) is 11.4. The van der Waals surface area contributed by atoms with Crippen LogP contribution >= 0.6 is 12.4 Å². The van der Waals surface area contributed by atoms with Gasteiger partial charge in [0.25, 0.3) is 0 Å². The van der Waals surface area contributed by atoms with Crippen LogP contribution in [0.3, 0.4) is 0 Å². The molecule has 0 aromatic heterocycles. The zero-order valence-corrected chi connectivity index (χ0v) is 19.5. The summed E-state index contributed by atoms with van der Waals surface area (Å²) >= 11 is 0. The molecule has 1 aromatic rings. The molecular formula is C25H41ClN2. The van der Waals surface area contributed by atoms with Crippen molar-refractivity contribution in [3.63, 3.8) is 0 Å². The fourth-order valence-corrected chi connectivity index (χ4v) is 6.34. The monoisotopic (exact) mass is 404 g/mol. The van der Waals surface area contributed by atoms with Gasteiger partial charge in [0.15, 0.2) is 0 Å². The van der Waals surface area contributed by atoms with Crippen molar-refractivity contribution in [2.45, 2.75) is 66.2 Å². The molecule has 3 fully saturated rings. The van der Waals surface area contributed by atoms with E-state index in [9.17, 15) is 0 Å². The van der Waals surface area contributed by atoms with Crippen molar-refractivity contribution in [3.8, 4) is 0 Å². The van der Waals surface area contributed by atoms with E-state index in [2.05, 4.69) is 68.7 Å². The highest BCUT2D eigenvalue weighted by Gasteiger charge is 2.40. The van der Waals surface area contributed by atoms with Crippen LogP contribution in [0.4, 0.5) is 5.69 Å². The van der Waals surface area contributed by atoms with Gasteiger partial charge in [-0.25, -0.2) is 0 Å². The van der Waals surface area contributed by atoms with Crippen molar-refractivity contribution in [2.24, 2.45) is 22.7 Å². The number of nitrogens with zero attached hydrogens (tertiary/aromatic N) is 2. The fraction of sp³-hybridized carbons (Fsp3) is 0.760. The van der Waals surface area contributed by atoms with E-state index < -0.39 is 0 Å². The molecule has 1 saturated heterocycles. The normalized spacial score (nSPS) is 30.0. The summed E-state index contributed by atoms with van der Waals surface area (Å²) in [6, 6.07) is 9.33. The Kier molecular flexibility index (Phi) is 6.42. The van der Waals surface area contributed by atoms with Gasteiger partial charge in [-0.2, -0.15) is 0 Å². The van der Waals surface area contributed by atoms with Gasteiger partial charge in [-0.1, -0.05) is 52.8 Å². The van der Waals surface area contributed by atoms with E-state index >= 15 is 0 Å². The van der Waals surface area contributed by atoms with Crippen LogP contribution in [0.25, 0.3) is 0 Å². The number of halogens is 1. The molecule has 1 aromatic carbocycles. The minimum atomic E-state index is 0. The molecule has 4 rings (SSSR count). The number of rotatable bonds is 4. The van der Waals surface area contributed by atoms with Crippen LogP contribution in [0, 0.1) is 22.7 Å². The minimum absolute atomic E-state index is 0. The largest absolute Gasteiger partial charge is 0.369 e. The lowest BCUT2D eigenvalue weighted by Gasteiger charge is -2.46. The van der Waals surface area contributed by atoms with Crippen molar-refractivity contribution < 1.29 is 0 Å². The highest BCUT2D eigenvalue weighted by atomic mass is 35.5. The van der Waals surface area contributed by atoms with Crippen LogP contribution in [0.15, 0.2) is 24.3 Å². The van der Waals surface area contributed by atoms with Crippen LogP contribution in [0.5, 0.6) is 0 Å². The first-order chi connectivity index (χ1) is 12.7. The lowest BCUT2D eigenvalue weighted by atomic mass is 9.60. The van der Waals surface area contributed by atoms with E-state index in [4.69, 9.17) is 0 Å². The zero-order valence-electron chi connectivity index (χ0n) is 18.7. The topological polar surface area (TPSA) is 6.48 Å². The van der Waals surface area contributed by atoms with E-state index in [1.165, 1.54) is 64.1 Å². The molecule has 1 heterocycles. The van der Waals surface area contributed by atoms with Gasteiger partial charge in [0.05, 0.1) is 0 Å². The average molecular weight is 405 g/mol. The van der Waals surface area contributed by atoms with Gasteiger partial charge in [0.1, 0.15) is 0 Å². The maximum absolute atomic E-state index is 2.71. The Bertz CT molecular complexity index is 644. The number of piperazine rings is 1. The molecule has 0 bridgehead atoms. The van der Waals surface area contributed by atoms with E-state index in [1.54, 1.807) is 5.56 Å². The summed E-state index contributed by atoms with van der Waals surface area (Å²) in [5.41, 5.74) is 4.02. The molecule has 0 amide bonds. The van der Waals surface area contributed by atoms with Crippen molar-refractivity contribution in [3.05, 3.63) is 29.8 Å². The highest BCUT2D eigenvalue weighted by Crippen LogP contribution is 2.53. The molecule has 0 spiro atoms. The van der Waals surface area contributed by atoms with E-state index in [-0.39, 0.29) is 12.4 Å². The van der Waals surface area contributed by atoms with Crippen LogP contribution in [-0.2, 0) is 0 Å². The molecule has 3 heteroatoms. The Hall–Kier alpha value is -0.730. The molecule has 28 heavy (non-hydrogen) atoms. The van der Waals surface area contributed by atoms with Gasteiger partial charge in [0.2, 0.25) is 0 Å². The minimum Gasteiger partial charge on any atom is -0.369 e. The SMILES string of the molecule is CC1CC1CN1CCN(c2ccccc2C2CC(C)(C)CC(C)(C)C2)CC1.Cl. The van der Waals surface area contributed by atoms with Crippen LogP contribution in [0.1, 0.15) is 71.8 Å². The summed E-state index contributed by atoms with van der Waals surface area (Å²) in [5.74, 6) is 2.66. The summed E-state index contributed by atoms with van der Waals surface area (Å²) in [6.07, 6.45) is 5.45. The third-order valence-corrected chi connectivity index (χ3v) is 7.41. The third kappa shape index (κ3) is 5.05. The zero-order chi connectivity index (χ0) is 19.2. The number of benzene rings is 1. The van der Waals surface area contributed by atoms with Crippen LogP contribution in [0.2, 0.25) is 0 Å². The van der Waals surface area contributed by atoms with Gasteiger partial charge >= 0.3 is 0 Å². The average Bonchev–Trinajstić information content (AvgIpc) is 3.27. The van der Waals surface area contributed by atoms with Gasteiger partial charge in [-0.05, 0) is 65.9 Å². The maximum Gasteiger partial charge on any atom is 0.0402 e. The van der Waals surface area contributed by atoms with E-state index in [0.29, 0.717) is 16.7 Å². The van der Waals surface area contributed by atoms with Crippen LogP contribution in [-0.4, -0.2) is 37.6 Å². The number of hydrogen-bond donors (Lipinski definition) is 0. The molecule has 0 radical (unpaired) electrons. The van der Waals surface area contributed by atoms with Gasteiger partial charge < -0.3 is 4.90 Å². The Morgan fingerprint density at radius 3 is 2.07 bits per heavy atom. The first kappa shape index (κ1) is 22.0. The predicted molar refractivity (Wildman–Crippen MR) is 124 cm³/mol. The standard InChI is InChI=1S/C25H40N2.ClH/c1-19-14-20(19)17-26-10-12-27(13-11-26)23-9-7-6-8-22(23)21-15-24(2,3)18-25(4,5)16-21;/h6-9,19-21H,10-18H2,1-5H3;1H. The number of hydrogen-bond acceptors (Lipinski definition) is 2. The highest BCUT2D eigenvalue weighted by molar-refractivity contribution is 5.85. The second kappa shape index (κ2) is 8.19. The summed E-state index contributed by atoms with van der Waals surface area (Å²) in [6.45, 7) is 18.5. The number of anilines is 1. The summed E-state index contributed by atoms with van der Waals surface area (Å²) < 4.78 is 0. The summed E-state index contributed by atoms with van der Waals surface area (Å²) in [4.78, 5) is 5.39. The first-order valence-electron chi connectivity index (χ1n) is 11.3. The van der Waals surface area contributed by atoms with Crippen molar-refractivity contribution >= 4 is 18.1 Å². The smallest absolute Gasteiger partial charge is 0.0402 e. The Labute approximate surface area is 179 Å². The Morgan fingerprint density at radius 1 is 0.929 bits per heavy atom. The third-order valence-electron chi connectivity index (χ3n) is 7.41. The molecule has 158 valence electrons. The molecule has 1 aliphatic heterocycles. The second-order valence-corrected chi connectivity index (χ2v) is 11.4. The number of para-hydroxylation sites is 1. The molecule has 2 aliphatic carbocycles. The van der Waals surface area contributed by atoms with Crippen molar-refractivity contribution in [2.75, 3.05) is 37.6 Å². The Morgan fingerprint density at radius 2 is 1.50 bits per heavy atom. The van der Waals surface area contributed by atoms with Gasteiger partial charge in [-0.3, -0.25) is 4.90 Å². The molecule has 3 aliphatic rings. The quantitative estimate of drug-likeness (QED) is 0.588. The molecule has 0 N–H and O–H groups in total. The van der Waals surface area contributed by atoms with E-state index in [1.807, 2.05) is 0 Å². The molecule has 2 nitrogen and oxygen atoms in total. The molecular weight excluding hydrogens is 364 g/mol. The molecule has 2 atom stereocenters. The lowest BCUT2D eigenvalue weighted by Crippen LogP contribution is -2.47.